The number of carbonyl (C=O) groups excluding carboxylic acids is 1. The SMILES string of the molecule is Cc1cc(N)c(/C(C=O)=C/C2C=CC(O)=CC2)cc1C. The molecule has 3 heteroatoms. The van der Waals surface area contributed by atoms with Gasteiger partial charge in [-0.3, -0.25) is 4.79 Å². The second kappa shape index (κ2) is 5.78. The van der Waals surface area contributed by atoms with Gasteiger partial charge >= 0.3 is 0 Å². The molecule has 0 saturated heterocycles. The molecule has 0 radical (unpaired) electrons. The Kier molecular flexibility index (Phi) is 4.08. The zero-order chi connectivity index (χ0) is 14.7. The Morgan fingerprint density at radius 1 is 1.35 bits per heavy atom. The van der Waals surface area contributed by atoms with E-state index in [1.54, 1.807) is 12.2 Å². The van der Waals surface area contributed by atoms with E-state index in [0.29, 0.717) is 17.7 Å². The third kappa shape index (κ3) is 2.99. The van der Waals surface area contributed by atoms with Crippen molar-refractivity contribution in [3.8, 4) is 0 Å². The van der Waals surface area contributed by atoms with Gasteiger partial charge in [0.2, 0.25) is 0 Å². The summed E-state index contributed by atoms with van der Waals surface area (Å²) in [4.78, 5) is 11.4. The quantitative estimate of drug-likeness (QED) is 0.501. The fourth-order valence-electron chi connectivity index (χ4n) is 2.26. The summed E-state index contributed by atoms with van der Waals surface area (Å²) in [6.45, 7) is 4.00. The number of rotatable bonds is 3. The van der Waals surface area contributed by atoms with Crippen LogP contribution in [0.15, 0.2) is 42.2 Å². The molecule has 1 aromatic carbocycles. The fourth-order valence-corrected chi connectivity index (χ4v) is 2.26. The van der Waals surface area contributed by atoms with Gasteiger partial charge in [0.15, 0.2) is 0 Å². The molecule has 0 amide bonds. The van der Waals surface area contributed by atoms with Crippen LogP contribution >= 0.6 is 0 Å². The number of carbonyl (C=O) groups is 1. The summed E-state index contributed by atoms with van der Waals surface area (Å²) in [6.07, 6.45) is 8.70. The maximum absolute atomic E-state index is 11.4. The van der Waals surface area contributed by atoms with Crippen LogP contribution in [0.4, 0.5) is 5.69 Å². The summed E-state index contributed by atoms with van der Waals surface area (Å²) >= 11 is 0. The molecule has 3 nitrogen and oxygen atoms in total. The highest BCUT2D eigenvalue weighted by Gasteiger charge is 2.11. The largest absolute Gasteiger partial charge is 0.508 e. The lowest BCUT2D eigenvalue weighted by molar-refractivity contribution is -0.103. The number of hydrogen-bond acceptors (Lipinski definition) is 3. The predicted molar refractivity (Wildman–Crippen MR) is 82.3 cm³/mol. The molecule has 0 aliphatic heterocycles. The van der Waals surface area contributed by atoms with Crippen molar-refractivity contribution in [2.75, 3.05) is 5.73 Å². The lowest BCUT2D eigenvalue weighted by Crippen LogP contribution is -2.01. The average Bonchev–Trinajstić information content (AvgIpc) is 2.43. The number of aryl methyl sites for hydroxylation is 2. The monoisotopic (exact) mass is 269 g/mol. The van der Waals surface area contributed by atoms with Gasteiger partial charge in [0, 0.05) is 16.8 Å². The molecule has 1 unspecified atom stereocenters. The highest BCUT2D eigenvalue weighted by atomic mass is 16.3. The van der Waals surface area contributed by atoms with Crippen molar-refractivity contribution in [3.63, 3.8) is 0 Å². The molecule has 3 N–H and O–H groups in total. The Bertz CT molecular complexity index is 624. The number of benzene rings is 1. The van der Waals surface area contributed by atoms with Crippen LogP contribution in [0.5, 0.6) is 0 Å². The summed E-state index contributed by atoms with van der Waals surface area (Å²) in [5, 5.41) is 9.31. The van der Waals surface area contributed by atoms with Gasteiger partial charge in [-0.2, -0.15) is 0 Å². The average molecular weight is 269 g/mol. The van der Waals surface area contributed by atoms with Crippen LogP contribution < -0.4 is 5.73 Å². The van der Waals surface area contributed by atoms with Gasteiger partial charge in [-0.1, -0.05) is 12.2 Å². The van der Waals surface area contributed by atoms with Crippen LogP contribution in [-0.2, 0) is 4.79 Å². The molecule has 1 aromatic rings. The molecule has 0 spiro atoms. The van der Waals surface area contributed by atoms with E-state index in [1.165, 1.54) is 0 Å². The van der Waals surface area contributed by atoms with Gasteiger partial charge < -0.3 is 10.8 Å². The number of allylic oxidation sites excluding steroid dienone is 5. The van der Waals surface area contributed by atoms with Crippen LogP contribution in [-0.4, -0.2) is 11.4 Å². The number of aliphatic hydroxyl groups excluding tert-OH is 1. The minimum absolute atomic E-state index is 0.104. The van der Waals surface area contributed by atoms with E-state index < -0.39 is 0 Å². The maximum atomic E-state index is 11.4. The molecular weight excluding hydrogens is 250 g/mol. The van der Waals surface area contributed by atoms with E-state index in [2.05, 4.69) is 0 Å². The third-order valence-electron chi connectivity index (χ3n) is 3.61. The van der Waals surface area contributed by atoms with Crippen molar-refractivity contribution in [3.05, 3.63) is 58.9 Å². The van der Waals surface area contributed by atoms with E-state index in [9.17, 15) is 9.90 Å². The Balaban J connectivity index is 2.36. The van der Waals surface area contributed by atoms with Gasteiger partial charge in [-0.05, 0) is 61.6 Å². The highest BCUT2D eigenvalue weighted by Crippen LogP contribution is 2.27. The zero-order valence-electron chi connectivity index (χ0n) is 11.8. The van der Waals surface area contributed by atoms with Gasteiger partial charge in [-0.25, -0.2) is 0 Å². The first kappa shape index (κ1) is 14.1. The molecule has 0 saturated carbocycles. The van der Waals surface area contributed by atoms with Gasteiger partial charge in [0.25, 0.3) is 0 Å². The summed E-state index contributed by atoms with van der Waals surface area (Å²) in [7, 11) is 0. The van der Waals surface area contributed by atoms with Crippen molar-refractivity contribution < 1.29 is 9.90 Å². The van der Waals surface area contributed by atoms with Crippen molar-refractivity contribution in [1.29, 1.82) is 0 Å². The number of nitrogens with two attached hydrogens (primary N) is 1. The number of aldehydes is 1. The molecule has 1 aliphatic rings. The topological polar surface area (TPSA) is 63.3 Å². The van der Waals surface area contributed by atoms with E-state index in [4.69, 9.17) is 5.73 Å². The van der Waals surface area contributed by atoms with Crippen molar-refractivity contribution >= 4 is 17.5 Å². The molecule has 0 bridgehead atoms. The molecule has 1 atom stereocenters. The van der Waals surface area contributed by atoms with Gasteiger partial charge in [-0.15, -0.1) is 0 Å². The highest BCUT2D eigenvalue weighted by molar-refractivity contribution is 6.09. The smallest absolute Gasteiger partial charge is 0.150 e. The van der Waals surface area contributed by atoms with Crippen LogP contribution in [0.1, 0.15) is 23.1 Å². The van der Waals surface area contributed by atoms with Crippen molar-refractivity contribution in [2.24, 2.45) is 5.92 Å². The lowest BCUT2D eigenvalue weighted by atomic mass is 9.93. The predicted octanol–water partition coefficient (Wildman–Crippen LogP) is 3.49. The van der Waals surface area contributed by atoms with Crippen LogP contribution in [0.25, 0.3) is 5.57 Å². The number of nitrogen functional groups attached to an aromatic ring is 1. The van der Waals surface area contributed by atoms with Gasteiger partial charge in [0.05, 0.1) is 0 Å². The first-order valence-electron chi connectivity index (χ1n) is 6.62. The molecular formula is C17H19NO2. The Labute approximate surface area is 119 Å². The molecule has 0 aromatic heterocycles. The molecule has 20 heavy (non-hydrogen) atoms. The molecule has 0 fully saturated rings. The standard InChI is InChI=1S/C17H19NO2/c1-11-7-16(17(18)8-12(11)2)14(10-19)9-13-3-5-15(20)6-4-13/h3,5-10,13,20H,4,18H2,1-2H3/b14-9+. The van der Waals surface area contributed by atoms with E-state index >= 15 is 0 Å². The summed E-state index contributed by atoms with van der Waals surface area (Å²) in [5.41, 5.74) is 10.2. The van der Waals surface area contributed by atoms with E-state index in [1.807, 2.05) is 38.1 Å². The summed E-state index contributed by atoms with van der Waals surface area (Å²) in [6, 6.07) is 3.84. The van der Waals surface area contributed by atoms with Crippen molar-refractivity contribution in [2.45, 2.75) is 20.3 Å². The third-order valence-corrected chi connectivity index (χ3v) is 3.61. The van der Waals surface area contributed by atoms with E-state index in [-0.39, 0.29) is 11.7 Å². The lowest BCUT2D eigenvalue weighted by Gasteiger charge is -2.13. The van der Waals surface area contributed by atoms with Crippen molar-refractivity contribution in [1.82, 2.24) is 0 Å². The number of hydrogen-bond donors (Lipinski definition) is 2. The molecule has 104 valence electrons. The fraction of sp³-hybridized carbons (Fsp3) is 0.235. The molecule has 1 aliphatic carbocycles. The van der Waals surface area contributed by atoms with Gasteiger partial charge in [0.1, 0.15) is 12.0 Å². The Hall–Kier alpha value is -2.29. The minimum Gasteiger partial charge on any atom is -0.508 e. The first-order valence-corrected chi connectivity index (χ1v) is 6.62. The second-order valence-corrected chi connectivity index (χ2v) is 5.15. The minimum atomic E-state index is 0.104. The first-order chi connectivity index (χ1) is 9.51. The molecule has 0 heterocycles. The van der Waals surface area contributed by atoms with Crippen LogP contribution in [0.3, 0.4) is 0 Å². The second-order valence-electron chi connectivity index (χ2n) is 5.15. The van der Waals surface area contributed by atoms with E-state index in [0.717, 1.165) is 23.0 Å². The van der Waals surface area contributed by atoms with Crippen LogP contribution in [0.2, 0.25) is 0 Å². The normalized spacial score (nSPS) is 18.8. The Morgan fingerprint density at radius 2 is 2.05 bits per heavy atom. The molecule has 2 rings (SSSR count). The summed E-state index contributed by atoms with van der Waals surface area (Å²) < 4.78 is 0. The zero-order valence-corrected chi connectivity index (χ0v) is 11.8. The van der Waals surface area contributed by atoms with Crippen LogP contribution in [0, 0.1) is 19.8 Å². The summed E-state index contributed by atoms with van der Waals surface area (Å²) in [5.74, 6) is 0.375. The number of aliphatic hydroxyl groups is 1. The number of anilines is 1. The maximum Gasteiger partial charge on any atom is 0.150 e. The Morgan fingerprint density at radius 3 is 2.65 bits per heavy atom.